The summed E-state index contributed by atoms with van der Waals surface area (Å²) in [6.45, 7) is 4.52. The van der Waals surface area contributed by atoms with Crippen LogP contribution in [0, 0.1) is 5.92 Å². The molecule has 0 aromatic heterocycles. The lowest BCUT2D eigenvalue weighted by atomic mass is 9.90. The highest BCUT2D eigenvalue weighted by Crippen LogP contribution is 2.21. The van der Waals surface area contributed by atoms with Crippen molar-refractivity contribution >= 4 is 24.5 Å². The first-order valence-corrected chi connectivity index (χ1v) is 18.4. The average Bonchev–Trinajstić information content (AvgIpc) is 2.96. The zero-order valence-corrected chi connectivity index (χ0v) is 28.1. The van der Waals surface area contributed by atoms with Gasteiger partial charge >= 0.3 is 5.97 Å². The fraction of sp³-hybridized carbons (Fsp3) is 0.943. The molecule has 0 saturated carbocycles. The highest BCUT2D eigenvalue weighted by atomic mass is 32.1. The van der Waals surface area contributed by atoms with Gasteiger partial charge in [-0.25, -0.2) is 4.79 Å². The van der Waals surface area contributed by atoms with Gasteiger partial charge in [0.1, 0.15) is 6.04 Å². The zero-order valence-electron chi connectivity index (χ0n) is 27.2. The molecule has 0 aliphatic heterocycles. The highest BCUT2D eigenvalue weighted by molar-refractivity contribution is 7.80. The lowest BCUT2D eigenvalue weighted by molar-refractivity contribution is -0.142. The van der Waals surface area contributed by atoms with E-state index in [1.807, 2.05) is 0 Å². The highest BCUT2D eigenvalue weighted by Gasteiger charge is 2.29. The van der Waals surface area contributed by atoms with Crippen LogP contribution in [0.5, 0.6) is 0 Å². The normalized spacial score (nSPS) is 13.7. The van der Waals surface area contributed by atoms with Crippen LogP contribution in [0.4, 0.5) is 0 Å². The Morgan fingerprint density at radius 2 is 0.878 bits per heavy atom. The van der Waals surface area contributed by atoms with Gasteiger partial charge < -0.3 is 15.5 Å². The van der Waals surface area contributed by atoms with E-state index in [0.29, 0.717) is 12.8 Å². The van der Waals surface area contributed by atoms with E-state index in [2.05, 4.69) is 31.8 Å². The molecule has 41 heavy (non-hydrogen) atoms. The van der Waals surface area contributed by atoms with Gasteiger partial charge in [-0.2, -0.15) is 12.6 Å². The summed E-state index contributed by atoms with van der Waals surface area (Å²) in [4.78, 5) is 24.4. The largest absolute Gasteiger partial charge is 0.480 e. The molecule has 0 heterocycles. The minimum absolute atomic E-state index is 0.0430. The third-order valence-electron chi connectivity index (χ3n) is 8.57. The van der Waals surface area contributed by atoms with Crippen molar-refractivity contribution < 1.29 is 19.8 Å². The van der Waals surface area contributed by atoms with Crippen molar-refractivity contribution in [3.63, 3.8) is 0 Å². The maximum absolute atomic E-state index is 13.0. The number of carbonyl (C=O) groups excluding carboxylic acids is 1. The Balaban J connectivity index is 4.21. The Morgan fingerprint density at radius 1 is 0.561 bits per heavy atom. The Hall–Kier alpha value is -0.750. The first kappa shape index (κ1) is 40.2. The molecule has 0 rings (SSSR count). The van der Waals surface area contributed by atoms with Crippen molar-refractivity contribution in [2.75, 3.05) is 5.75 Å². The molecule has 244 valence electrons. The molecule has 0 aliphatic carbocycles. The van der Waals surface area contributed by atoms with E-state index in [0.717, 1.165) is 32.1 Å². The molecule has 0 aromatic carbocycles. The number of hydrogen-bond donors (Lipinski definition) is 4. The molecule has 0 bridgehead atoms. The number of aliphatic hydroxyl groups is 1. The molecule has 1 amide bonds. The first-order chi connectivity index (χ1) is 20.0. The Bertz CT molecular complexity index is 589. The average molecular weight is 600 g/mol. The molecule has 6 heteroatoms. The number of unbranched alkanes of at least 4 members (excludes halogenated alkanes) is 23. The lowest BCUT2D eigenvalue weighted by Crippen LogP contribution is -2.47. The number of carboxylic acids is 1. The minimum Gasteiger partial charge on any atom is -0.480 e. The number of amides is 1. The summed E-state index contributed by atoms with van der Waals surface area (Å²) >= 11 is 4.08. The molecule has 2 unspecified atom stereocenters. The second-order valence-corrected chi connectivity index (χ2v) is 12.8. The van der Waals surface area contributed by atoms with Gasteiger partial charge in [0.05, 0.1) is 12.0 Å². The van der Waals surface area contributed by atoms with E-state index < -0.39 is 24.0 Å². The summed E-state index contributed by atoms with van der Waals surface area (Å²) in [6, 6.07) is -1.01. The number of thiol groups is 1. The van der Waals surface area contributed by atoms with E-state index in [1.165, 1.54) is 128 Å². The quantitative estimate of drug-likeness (QED) is 0.0458. The van der Waals surface area contributed by atoms with E-state index >= 15 is 0 Å². The molecule has 0 fully saturated rings. The Kier molecular flexibility index (Phi) is 30.1. The molecule has 5 nitrogen and oxygen atoms in total. The number of carboxylic acid groups (broad SMARTS) is 1. The molecular weight excluding hydrogens is 530 g/mol. The fourth-order valence-electron chi connectivity index (χ4n) is 5.74. The summed E-state index contributed by atoms with van der Waals surface area (Å²) in [5, 5.41) is 22.9. The van der Waals surface area contributed by atoms with Crippen LogP contribution >= 0.6 is 12.6 Å². The first-order valence-electron chi connectivity index (χ1n) is 17.8. The van der Waals surface area contributed by atoms with Crippen LogP contribution in [-0.4, -0.2) is 40.0 Å². The molecule has 0 radical (unpaired) electrons. The monoisotopic (exact) mass is 599 g/mol. The van der Waals surface area contributed by atoms with E-state index in [4.69, 9.17) is 0 Å². The van der Waals surface area contributed by atoms with Crippen molar-refractivity contribution in [2.45, 2.75) is 199 Å². The predicted molar refractivity (Wildman–Crippen MR) is 179 cm³/mol. The molecular formula is C35H69NO4S. The molecule has 0 spiro atoms. The number of carbonyl (C=O) groups is 2. The second-order valence-electron chi connectivity index (χ2n) is 12.5. The van der Waals surface area contributed by atoms with Crippen LogP contribution in [0.3, 0.4) is 0 Å². The van der Waals surface area contributed by atoms with Gasteiger partial charge in [0, 0.05) is 5.75 Å². The van der Waals surface area contributed by atoms with Gasteiger partial charge in [0.2, 0.25) is 5.91 Å². The van der Waals surface area contributed by atoms with Crippen LogP contribution in [0.2, 0.25) is 0 Å². The van der Waals surface area contributed by atoms with Crippen molar-refractivity contribution in [1.82, 2.24) is 5.32 Å². The smallest absolute Gasteiger partial charge is 0.327 e. The number of rotatable bonds is 32. The van der Waals surface area contributed by atoms with Crippen LogP contribution in [-0.2, 0) is 9.59 Å². The van der Waals surface area contributed by atoms with Crippen LogP contribution in [0.15, 0.2) is 0 Å². The molecule has 0 aliphatic rings. The van der Waals surface area contributed by atoms with Gasteiger partial charge in [-0.05, 0) is 12.8 Å². The van der Waals surface area contributed by atoms with Gasteiger partial charge in [-0.3, -0.25) is 4.79 Å². The third-order valence-corrected chi connectivity index (χ3v) is 8.94. The summed E-state index contributed by atoms with van der Waals surface area (Å²) in [7, 11) is 0. The molecule has 3 N–H and O–H groups in total. The molecule has 0 saturated heterocycles. The van der Waals surface area contributed by atoms with E-state index in [-0.39, 0.29) is 11.7 Å². The topological polar surface area (TPSA) is 86.6 Å². The van der Waals surface area contributed by atoms with Crippen LogP contribution in [0.1, 0.15) is 187 Å². The van der Waals surface area contributed by atoms with Crippen LogP contribution < -0.4 is 5.32 Å². The maximum atomic E-state index is 13.0. The Labute approximate surface area is 260 Å². The number of nitrogens with one attached hydrogen (secondary N) is 1. The number of hydrogen-bond acceptors (Lipinski definition) is 4. The summed E-state index contributed by atoms with van der Waals surface area (Å²) < 4.78 is 0. The summed E-state index contributed by atoms with van der Waals surface area (Å²) in [5.74, 6) is -1.92. The predicted octanol–water partition coefficient (Wildman–Crippen LogP) is 10.0. The minimum atomic E-state index is -1.08. The van der Waals surface area contributed by atoms with Crippen molar-refractivity contribution in [3.05, 3.63) is 0 Å². The van der Waals surface area contributed by atoms with Gasteiger partial charge in [0.15, 0.2) is 0 Å². The Morgan fingerprint density at radius 3 is 1.20 bits per heavy atom. The summed E-state index contributed by atoms with van der Waals surface area (Å²) in [5.41, 5.74) is 0. The van der Waals surface area contributed by atoms with Crippen molar-refractivity contribution in [2.24, 2.45) is 5.92 Å². The van der Waals surface area contributed by atoms with E-state index in [1.54, 1.807) is 0 Å². The molecule has 0 aromatic rings. The van der Waals surface area contributed by atoms with E-state index in [9.17, 15) is 19.8 Å². The standard InChI is InChI=1S/C35H69NO4S/c1-3-5-7-9-11-13-15-17-19-21-23-25-27-29-33(37)31(34(38)36-32(30-41)35(39)40)28-26-24-22-20-18-16-14-12-10-8-6-4-2/h31-33,37,41H,3-30H2,1-2H3,(H,36,38)(H,39,40)/t31?,32-,33?/m0/s1. The molecule has 3 atom stereocenters. The second kappa shape index (κ2) is 30.7. The third kappa shape index (κ3) is 25.5. The summed E-state index contributed by atoms with van der Waals surface area (Å²) in [6.07, 6.45) is 32.1. The number of aliphatic carboxylic acids is 1. The van der Waals surface area contributed by atoms with Crippen LogP contribution in [0.25, 0.3) is 0 Å². The van der Waals surface area contributed by atoms with Gasteiger partial charge in [-0.15, -0.1) is 0 Å². The van der Waals surface area contributed by atoms with Gasteiger partial charge in [0.25, 0.3) is 0 Å². The maximum Gasteiger partial charge on any atom is 0.327 e. The number of aliphatic hydroxyl groups excluding tert-OH is 1. The SMILES string of the molecule is CCCCCCCCCCCCCCCC(O)C(CCCCCCCCCCCCCC)C(=O)N[C@@H](CS)C(=O)O. The van der Waals surface area contributed by atoms with Crippen molar-refractivity contribution in [1.29, 1.82) is 0 Å². The van der Waals surface area contributed by atoms with Crippen molar-refractivity contribution in [3.8, 4) is 0 Å². The lowest BCUT2D eigenvalue weighted by Gasteiger charge is -2.24. The zero-order chi connectivity index (χ0) is 30.4. The van der Waals surface area contributed by atoms with Gasteiger partial charge in [-0.1, -0.05) is 174 Å². The fourth-order valence-corrected chi connectivity index (χ4v) is 5.99.